The molecule has 7 nitrogen and oxygen atoms in total. The zero-order valence-corrected chi connectivity index (χ0v) is 22.4. The molecule has 0 spiro atoms. The van der Waals surface area contributed by atoms with E-state index in [-0.39, 0.29) is 29.9 Å². The molecule has 0 aliphatic heterocycles. The van der Waals surface area contributed by atoms with Gasteiger partial charge in [0.05, 0.1) is 29.6 Å². The van der Waals surface area contributed by atoms with Crippen molar-refractivity contribution in [1.82, 2.24) is 19.6 Å². The molecular weight excluding hydrogens is 471 g/mol. The maximum atomic E-state index is 14.1. The molecule has 0 saturated carbocycles. The smallest absolute Gasteiger partial charge is 0.139 e. The summed E-state index contributed by atoms with van der Waals surface area (Å²) in [6.07, 6.45) is 2.62. The highest BCUT2D eigenvalue weighted by atomic mass is 19.1. The summed E-state index contributed by atoms with van der Waals surface area (Å²) in [6, 6.07) is 11.9. The van der Waals surface area contributed by atoms with Crippen LogP contribution < -0.4 is 4.74 Å². The van der Waals surface area contributed by atoms with Gasteiger partial charge in [0, 0.05) is 36.4 Å². The third kappa shape index (κ3) is 6.63. The molecule has 0 unspecified atom stereocenters. The lowest BCUT2D eigenvalue weighted by Crippen LogP contribution is -2.26. The summed E-state index contributed by atoms with van der Waals surface area (Å²) in [5.41, 5.74) is 2.34. The standard InChI is InChI=1S/C29H35FN4O3/c1-28(2,3)27-16-22(33(6)32-27)15-23(35)9-7-19-13-21(30)8-12-26(19)37-24-10-11-25-20(14-24)17-31-34(25)18-29(4,5)36/h8,10-14,16-17,36H,7,9,15,18H2,1-6H3. The van der Waals surface area contributed by atoms with Crippen molar-refractivity contribution in [2.24, 2.45) is 7.05 Å². The molecule has 0 saturated heterocycles. The van der Waals surface area contributed by atoms with E-state index < -0.39 is 5.60 Å². The Kier molecular flexibility index (Phi) is 7.24. The summed E-state index contributed by atoms with van der Waals surface area (Å²) in [7, 11) is 1.85. The second kappa shape index (κ2) is 10.1. The number of carbonyl (C=O) groups excluding carboxylic acids is 1. The fourth-order valence-corrected chi connectivity index (χ4v) is 4.19. The Morgan fingerprint density at radius 2 is 1.84 bits per heavy atom. The Bertz CT molecular complexity index is 1420. The third-order valence-electron chi connectivity index (χ3n) is 6.20. The van der Waals surface area contributed by atoms with Crippen molar-refractivity contribution in [2.75, 3.05) is 0 Å². The number of hydrogen-bond donors (Lipinski definition) is 1. The Morgan fingerprint density at radius 3 is 2.51 bits per heavy atom. The van der Waals surface area contributed by atoms with Crippen LogP contribution in [-0.4, -0.2) is 36.1 Å². The predicted octanol–water partition coefficient (Wildman–Crippen LogP) is 5.51. The second-order valence-electron chi connectivity index (χ2n) is 11.3. The number of rotatable bonds is 9. The van der Waals surface area contributed by atoms with Crippen LogP contribution >= 0.6 is 0 Å². The first kappa shape index (κ1) is 26.5. The molecule has 0 radical (unpaired) electrons. The largest absolute Gasteiger partial charge is 0.457 e. The summed E-state index contributed by atoms with van der Waals surface area (Å²) < 4.78 is 23.7. The van der Waals surface area contributed by atoms with E-state index in [0.717, 1.165) is 22.3 Å². The number of aryl methyl sites for hydroxylation is 2. The van der Waals surface area contributed by atoms with Gasteiger partial charge in [-0.05, 0) is 68.3 Å². The van der Waals surface area contributed by atoms with Gasteiger partial charge in [0.15, 0.2) is 0 Å². The molecule has 2 aromatic heterocycles. The van der Waals surface area contributed by atoms with E-state index in [1.807, 2.05) is 31.3 Å². The zero-order chi connectivity index (χ0) is 27.0. The van der Waals surface area contributed by atoms with Crippen LogP contribution in [0.3, 0.4) is 0 Å². The molecule has 196 valence electrons. The van der Waals surface area contributed by atoms with Crippen LogP contribution in [0.25, 0.3) is 10.9 Å². The van der Waals surface area contributed by atoms with Gasteiger partial charge in [-0.3, -0.25) is 14.2 Å². The number of aliphatic hydroxyl groups is 1. The first-order valence-corrected chi connectivity index (χ1v) is 12.5. The van der Waals surface area contributed by atoms with Gasteiger partial charge in [0.25, 0.3) is 0 Å². The van der Waals surface area contributed by atoms with Crippen LogP contribution in [0.2, 0.25) is 0 Å². The number of aromatic nitrogens is 4. The molecule has 4 aromatic rings. The Balaban J connectivity index is 1.46. The van der Waals surface area contributed by atoms with Crippen LogP contribution in [0.15, 0.2) is 48.7 Å². The van der Waals surface area contributed by atoms with E-state index in [9.17, 15) is 14.3 Å². The maximum Gasteiger partial charge on any atom is 0.139 e. The van der Waals surface area contributed by atoms with Gasteiger partial charge in [-0.15, -0.1) is 0 Å². The van der Waals surface area contributed by atoms with Crippen LogP contribution in [0.5, 0.6) is 11.5 Å². The average Bonchev–Trinajstić information content (AvgIpc) is 3.35. The second-order valence-corrected chi connectivity index (χ2v) is 11.3. The predicted molar refractivity (Wildman–Crippen MR) is 141 cm³/mol. The number of fused-ring (bicyclic) bond motifs is 1. The fraction of sp³-hybridized carbons (Fsp3) is 0.414. The van der Waals surface area contributed by atoms with Crippen LogP contribution in [0.1, 0.15) is 58.0 Å². The lowest BCUT2D eigenvalue weighted by atomic mass is 9.92. The average molecular weight is 507 g/mol. The summed E-state index contributed by atoms with van der Waals surface area (Å²) in [5, 5.41) is 19.9. The van der Waals surface area contributed by atoms with E-state index in [1.54, 1.807) is 35.5 Å². The molecule has 37 heavy (non-hydrogen) atoms. The molecule has 0 amide bonds. The Hall–Kier alpha value is -3.52. The molecule has 0 aliphatic carbocycles. The SMILES string of the molecule is Cn1nc(C(C)(C)C)cc1CC(=O)CCc1cc(F)ccc1Oc1ccc2c(cnn2CC(C)(C)O)c1. The lowest BCUT2D eigenvalue weighted by Gasteiger charge is -2.17. The van der Waals surface area contributed by atoms with Crippen LogP contribution in [-0.2, 0) is 36.6 Å². The molecule has 0 fully saturated rings. The summed E-state index contributed by atoms with van der Waals surface area (Å²) in [5.74, 6) is 0.769. The van der Waals surface area contributed by atoms with Gasteiger partial charge in [-0.2, -0.15) is 10.2 Å². The first-order valence-electron chi connectivity index (χ1n) is 12.5. The van der Waals surface area contributed by atoms with E-state index in [2.05, 4.69) is 31.0 Å². The van der Waals surface area contributed by atoms with E-state index in [4.69, 9.17) is 4.74 Å². The van der Waals surface area contributed by atoms with Gasteiger partial charge in [-0.1, -0.05) is 20.8 Å². The number of Topliss-reactive ketones (excluding diaryl/α,β-unsaturated/α-hetero) is 1. The van der Waals surface area contributed by atoms with Gasteiger partial charge in [0.1, 0.15) is 23.1 Å². The fourth-order valence-electron chi connectivity index (χ4n) is 4.19. The van der Waals surface area contributed by atoms with Crippen molar-refractivity contribution in [3.63, 3.8) is 0 Å². The summed E-state index contributed by atoms with van der Waals surface area (Å²) in [6.45, 7) is 10.1. The highest BCUT2D eigenvalue weighted by Crippen LogP contribution is 2.30. The van der Waals surface area contributed by atoms with E-state index in [1.165, 1.54) is 12.1 Å². The molecular formula is C29H35FN4O3. The van der Waals surface area contributed by atoms with Crippen molar-refractivity contribution in [3.05, 3.63) is 71.4 Å². The normalized spacial score (nSPS) is 12.3. The molecule has 4 rings (SSSR count). The lowest BCUT2D eigenvalue weighted by molar-refractivity contribution is -0.118. The van der Waals surface area contributed by atoms with Crippen LogP contribution in [0, 0.1) is 5.82 Å². The quantitative estimate of drug-likeness (QED) is 0.324. The maximum absolute atomic E-state index is 14.1. The molecule has 0 atom stereocenters. The molecule has 2 aromatic carbocycles. The number of ether oxygens (including phenoxy) is 1. The minimum Gasteiger partial charge on any atom is -0.457 e. The van der Waals surface area contributed by atoms with Gasteiger partial charge >= 0.3 is 0 Å². The number of carbonyl (C=O) groups is 1. The van der Waals surface area contributed by atoms with Crippen molar-refractivity contribution in [1.29, 1.82) is 0 Å². The molecule has 8 heteroatoms. The summed E-state index contributed by atoms with van der Waals surface area (Å²) >= 11 is 0. The minimum absolute atomic E-state index is 0.0549. The van der Waals surface area contributed by atoms with Crippen molar-refractivity contribution in [3.8, 4) is 11.5 Å². The molecule has 0 bridgehead atoms. The number of halogens is 1. The number of hydrogen-bond acceptors (Lipinski definition) is 5. The van der Waals surface area contributed by atoms with Crippen LogP contribution in [0.4, 0.5) is 4.39 Å². The van der Waals surface area contributed by atoms with E-state index >= 15 is 0 Å². The Labute approximate surface area is 216 Å². The highest BCUT2D eigenvalue weighted by molar-refractivity contribution is 5.81. The molecule has 0 aliphatic rings. The number of nitrogens with zero attached hydrogens (tertiary/aromatic N) is 4. The third-order valence-corrected chi connectivity index (χ3v) is 6.20. The van der Waals surface area contributed by atoms with Gasteiger partial charge in [-0.25, -0.2) is 4.39 Å². The minimum atomic E-state index is -0.889. The topological polar surface area (TPSA) is 82.2 Å². The van der Waals surface area contributed by atoms with Gasteiger partial charge in [0.2, 0.25) is 0 Å². The van der Waals surface area contributed by atoms with Crippen molar-refractivity contribution < 1.29 is 19.0 Å². The van der Waals surface area contributed by atoms with Crippen molar-refractivity contribution in [2.45, 2.75) is 71.4 Å². The number of benzene rings is 2. The highest BCUT2D eigenvalue weighted by Gasteiger charge is 2.20. The molecule has 1 N–H and O–H groups in total. The van der Waals surface area contributed by atoms with Crippen molar-refractivity contribution >= 4 is 16.7 Å². The van der Waals surface area contributed by atoms with E-state index in [0.29, 0.717) is 30.0 Å². The number of ketones is 1. The van der Waals surface area contributed by atoms with Gasteiger partial charge < -0.3 is 9.84 Å². The molecule has 2 heterocycles. The first-order chi connectivity index (χ1) is 17.3. The zero-order valence-electron chi connectivity index (χ0n) is 22.4. The Morgan fingerprint density at radius 1 is 1.08 bits per heavy atom. The monoisotopic (exact) mass is 506 g/mol. The summed E-state index contributed by atoms with van der Waals surface area (Å²) in [4.78, 5) is 12.8.